The molecular formula is C20H22N4O6. The van der Waals surface area contributed by atoms with Crippen molar-refractivity contribution in [2.45, 2.75) is 0 Å². The fourth-order valence-corrected chi connectivity index (χ4v) is 4.01. The molecule has 3 N–H and O–H groups in total. The van der Waals surface area contributed by atoms with Crippen LogP contribution in [0.3, 0.4) is 0 Å². The Bertz CT molecular complexity index is 1110. The standard InChI is InChI=1S/C20H22N4O6/c1-24(2)20-19-18(29-7-8-30-19)14(23-20)13-17-16(27-5-6-28-17)12(22-13)11-15-10(9-21-11)25-3-4-26-15/h9,21-23H,3-8H2,1-2H3. The number of ether oxygens (including phenoxy) is 6. The second-order valence-corrected chi connectivity index (χ2v) is 7.38. The maximum Gasteiger partial charge on any atom is 0.204 e. The molecule has 3 aliphatic rings. The largest absolute Gasteiger partial charge is 0.485 e. The number of hydrogen-bond donors (Lipinski definition) is 3. The number of rotatable bonds is 3. The predicted octanol–water partition coefficient (Wildman–Crippen LogP) is 2.38. The summed E-state index contributed by atoms with van der Waals surface area (Å²) in [6.07, 6.45) is 1.79. The van der Waals surface area contributed by atoms with Gasteiger partial charge in [-0.05, 0) is 0 Å². The lowest BCUT2D eigenvalue weighted by atomic mass is 10.2. The Labute approximate surface area is 172 Å². The van der Waals surface area contributed by atoms with Crippen molar-refractivity contribution >= 4 is 5.82 Å². The lowest BCUT2D eigenvalue weighted by molar-refractivity contribution is 0.171. The van der Waals surface area contributed by atoms with Crippen LogP contribution >= 0.6 is 0 Å². The number of fused-ring (bicyclic) bond motifs is 3. The van der Waals surface area contributed by atoms with Crippen LogP contribution in [0.25, 0.3) is 22.8 Å². The molecule has 10 heteroatoms. The Kier molecular flexibility index (Phi) is 3.74. The molecule has 0 bridgehead atoms. The van der Waals surface area contributed by atoms with Crippen molar-refractivity contribution in [2.75, 3.05) is 58.6 Å². The molecule has 3 aromatic rings. The molecule has 30 heavy (non-hydrogen) atoms. The Morgan fingerprint density at radius 1 is 0.600 bits per heavy atom. The third-order valence-corrected chi connectivity index (χ3v) is 5.29. The van der Waals surface area contributed by atoms with E-state index in [0.29, 0.717) is 74.1 Å². The molecule has 0 aromatic carbocycles. The molecule has 158 valence electrons. The molecule has 0 amide bonds. The van der Waals surface area contributed by atoms with Gasteiger partial charge in [0.1, 0.15) is 62.4 Å². The van der Waals surface area contributed by atoms with Gasteiger partial charge in [0.2, 0.25) is 5.75 Å². The highest BCUT2D eigenvalue weighted by Gasteiger charge is 2.34. The summed E-state index contributed by atoms with van der Waals surface area (Å²) in [7, 11) is 3.90. The van der Waals surface area contributed by atoms with Crippen molar-refractivity contribution in [1.29, 1.82) is 0 Å². The summed E-state index contributed by atoms with van der Waals surface area (Å²) in [5, 5.41) is 0. The zero-order valence-electron chi connectivity index (χ0n) is 16.7. The van der Waals surface area contributed by atoms with Gasteiger partial charge in [-0.1, -0.05) is 0 Å². The van der Waals surface area contributed by atoms with Crippen molar-refractivity contribution in [3.05, 3.63) is 6.20 Å². The number of anilines is 1. The van der Waals surface area contributed by atoms with Gasteiger partial charge in [0.25, 0.3) is 0 Å². The molecule has 0 atom stereocenters. The Morgan fingerprint density at radius 2 is 1.10 bits per heavy atom. The van der Waals surface area contributed by atoms with E-state index < -0.39 is 0 Å². The minimum absolute atomic E-state index is 0.459. The van der Waals surface area contributed by atoms with Gasteiger partial charge in [-0.2, -0.15) is 0 Å². The van der Waals surface area contributed by atoms with Gasteiger partial charge in [0, 0.05) is 20.3 Å². The minimum atomic E-state index is 0.459. The third kappa shape index (κ3) is 2.42. The Morgan fingerprint density at radius 3 is 1.77 bits per heavy atom. The molecular weight excluding hydrogens is 392 g/mol. The summed E-state index contributed by atoms with van der Waals surface area (Å²) in [5.41, 5.74) is 2.97. The van der Waals surface area contributed by atoms with Crippen LogP contribution in [0.5, 0.6) is 34.5 Å². The SMILES string of the molecule is CN(C)c1[nH]c(-c2[nH]c(-c3[nH]cc4c3OCCO4)c3c2OCCO3)c2c1OCCO2. The zero-order valence-corrected chi connectivity index (χ0v) is 16.7. The molecule has 6 heterocycles. The molecule has 10 nitrogen and oxygen atoms in total. The van der Waals surface area contributed by atoms with Crippen molar-refractivity contribution in [1.82, 2.24) is 15.0 Å². The van der Waals surface area contributed by atoms with Gasteiger partial charge < -0.3 is 48.3 Å². The fourth-order valence-electron chi connectivity index (χ4n) is 4.01. The van der Waals surface area contributed by atoms with Gasteiger partial charge in [-0.3, -0.25) is 0 Å². The number of H-pyrrole nitrogens is 3. The second-order valence-electron chi connectivity index (χ2n) is 7.38. The van der Waals surface area contributed by atoms with Gasteiger partial charge in [0.05, 0.1) is 0 Å². The summed E-state index contributed by atoms with van der Waals surface area (Å²) >= 11 is 0. The van der Waals surface area contributed by atoms with Crippen LogP contribution in [-0.2, 0) is 0 Å². The summed E-state index contributed by atoms with van der Waals surface area (Å²) < 4.78 is 35.4. The second kappa shape index (κ2) is 6.48. The smallest absolute Gasteiger partial charge is 0.204 e. The zero-order chi connectivity index (χ0) is 20.2. The predicted molar refractivity (Wildman–Crippen MR) is 108 cm³/mol. The molecule has 0 aliphatic carbocycles. The van der Waals surface area contributed by atoms with Crippen molar-refractivity contribution in [3.63, 3.8) is 0 Å². The average Bonchev–Trinajstić information content (AvgIpc) is 3.46. The first-order chi connectivity index (χ1) is 14.7. The lowest BCUT2D eigenvalue weighted by Gasteiger charge is -2.19. The van der Waals surface area contributed by atoms with Crippen molar-refractivity contribution in [3.8, 4) is 57.3 Å². The normalized spacial score (nSPS) is 16.5. The van der Waals surface area contributed by atoms with Gasteiger partial charge >= 0.3 is 0 Å². The average molecular weight is 414 g/mol. The molecule has 3 aromatic heterocycles. The number of aromatic amines is 3. The van der Waals surface area contributed by atoms with Gasteiger partial charge in [0.15, 0.2) is 34.6 Å². The van der Waals surface area contributed by atoms with E-state index in [4.69, 9.17) is 28.4 Å². The highest BCUT2D eigenvalue weighted by atomic mass is 16.6. The van der Waals surface area contributed by atoms with Crippen LogP contribution in [0.15, 0.2) is 6.20 Å². The topological polar surface area (TPSA) is 106 Å². The summed E-state index contributed by atoms with van der Waals surface area (Å²) in [4.78, 5) is 12.1. The van der Waals surface area contributed by atoms with E-state index in [9.17, 15) is 0 Å². The van der Waals surface area contributed by atoms with Crippen LogP contribution in [0.2, 0.25) is 0 Å². The molecule has 0 unspecified atom stereocenters. The van der Waals surface area contributed by atoms with E-state index in [0.717, 1.165) is 28.6 Å². The maximum absolute atomic E-state index is 6.02. The van der Waals surface area contributed by atoms with Gasteiger partial charge in [-0.15, -0.1) is 0 Å². The van der Waals surface area contributed by atoms with Gasteiger partial charge in [-0.25, -0.2) is 0 Å². The number of hydrogen-bond acceptors (Lipinski definition) is 7. The van der Waals surface area contributed by atoms with E-state index in [2.05, 4.69) is 15.0 Å². The maximum atomic E-state index is 6.02. The van der Waals surface area contributed by atoms with E-state index in [-0.39, 0.29) is 0 Å². The molecule has 0 fully saturated rings. The molecule has 0 saturated carbocycles. The lowest BCUT2D eigenvalue weighted by Crippen LogP contribution is -2.17. The minimum Gasteiger partial charge on any atom is -0.485 e. The highest BCUT2D eigenvalue weighted by Crippen LogP contribution is 2.54. The number of aromatic nitrogens is 3. The molecule has 0 radical (unpaired) electrons. The van der Waals surface area contributed by atoms with E-state index in [1.54, 1.807) is 6.20 Å². The summed E-state index contributed by atoms with van der Waals surface area (Å²) in [6.45, 7) is 2.92. The first kappa shape index (κ1) is 17.3. The van der Waals surface area contributed by atoms with Crippen molar-refractivity contribution < 1.29 is 28.4 Å². The van der Waals surface area contributed by atoms with E-state index >= 15 is 0 Å². The molecule has 3 aliphatic heterocycles. The van der Waals surface area contributed by atoms with Crippen LogP contribution in [-0.4, -0.2) is 68.7 Å². The molecule has 0 saturated heterocycles. The summed E-state index contributed by atoms with van der Waals surface area (Å²) in [6, 6.07) is 0. The van der Waals surface area contributed by atoms with Crippen LogP contribution in [0.4, 0.5) is 5.82 Å². The highest BCUT2D eigenvalue weighted by molar-refractivity contribution is 5.87. The van der Waals surface area contributed by atoms with Crippen LogP contribution in [0, 0.1) is 0 Å². The number of nitrogens with zero attached hydrogens (tertiary/aromatic N) is 1. The number of nitrogens with one attached hydrogen (secondary N) is 3. The first-order valence-corrected chi connectivity index (χ1v) is 9.90. The van der Waals surface area contributed by atoms with Crippen LogP contribution < -0.4 is 33.3 Å². The van der Waals surface area contributed by atoms with Crippen LogP contribution in [0.1, 0.15) is 0 Å². The molecule has 0 spiro atoms. The Hall–Kier alpha value is -3.56. The molecule has 6 rings (SSSR count). The van der Waals surface area contributed by atoms with Crippen molar-refractivity contribution in [2.24, 2.45) is 0 Å². The third-order valence-electron chi connectivity index (χ3n) is 5.29. The van der Waals surface area contributed by atoms with E-state index in [1.165, 1.54) is 0 Å². The monoisotopic (exact) mass is 414 g/mol. The Balaban J connectivity index is 1.54. The fraction of sp³-hybridized carbons (Fsp3) is 0.400. The van der Waals surface area contributed by atoms with E-state index in [1.807, 2.05) is 19.0 Å². The first-order valence-electron chi connectivity index (χ1n) is 9.90. The quantitative estimate of drug-likeness (QED) is 0.604. The summed E-state index contributed by atoms with van der Waals surface area (Å²) in [5.74, 6) is 4.77.